The van der Waals surface area contributed by atoms with E-state index >= 15 is 0 Å². The lowest BCUT2D eigenvalue weighted by Crippen LogP contribution is -2.30. The number of nitrogens with one attached hydrogen (secondary N) is 1. The van der Waals surface area contributed by atoms with Crippen LogP contribution < -0.4 is 9.62 Å². The van der Waals surface area contributed by atoms with E-state index in [-0.39, 0.29) is 17.9 Å². The van der Waals surface area contributed by atoms with Crippen LogP contribution in [0, 0.1) is 13.8 Å². The van der Waals surface area contributed by atoms with Gasteiger partial charge in [-0.15, -0.1) is 0 Å². The van der Waals surface area contributed by atoms with E-state index in [0.717, 1.165) is 16.7 Å². The van der Waals surface area contributed by atoms with Crippen molar-refractivity contribution in [1.82, 2.24) is 0 Å². The number of hydrogen-bond acceptors (Lipinski definition) is 4. The molecule has 0 saturated carbocycles. The Morgan fingerprint density at radius 1 is 0.816 bits per heavy atom. The Bertz CT molecular complexity index is 1580. The van der Waals surface area contributed by atoms with Gasteiger partial charge in [0.1, 0.15) is 0 Å². The third-order valence-electron chi connectivity index (χ3n) is 6.14. The van der Waals surface area contributed by atoms with E-state index in [1.807, 2.05) is 38.1 Å². The minimum absolute atomic E-state index is 0.124. The van der Waals surface area contributed by atoms with Crippen molar-refractivity contribution >= 4 is 44.7 Å². The molecule has 194 valence electrons. The highest BCUT2D eigenvalue weighted by atomic mass is 35.5. The van der Waals surface area contributed by atoms with Crippen LogP contribution in [-0.4, -0.2) is 26.4 Å². The molecule has 0 bridgehead atoms. The average Bonchev–Trinajstić information content (AvgIpc) is 2.89. The van der Waals surface area contributed by atoms with Crippen molar-refractivity contribution in [2.45, 2.75) is 20.4 Å². The summed E-state index contributed by atoms with van der Waals surface area (Å²) in [6, 6.07) is 25.8. The van der Waals surface area contributed by atoms with Crippen LogP contribution in [0.2, 0.25) is 5.02 Å². The van der Waals surface area contributed by atoms with E-state index in [0.29, 0.717) is 27.5 Å². The predicted octanol–water partition coefficient (Wildman–Crippen LogP) is 6.41. The van der Waals surface area contributed by atoms with Crippen LogP contribution in [-0.2, 0) is 16.6 Å². The number of aryl methyl sites for hydroxylation is 2. The van der Waals surface area contributed by atoms with Gasteiger partial charge in [-0.25, -0.2) is 8.42 Å². The van der Waals surface area contributed by atoms with Crippen molar-refractivity contribution in [3.8, 4) is 0 Å². The number of ketones is 1. The lowest BCUT2D eigenvalue weighted by molar-refractivity contribution is 0.102. The highest BCUT2D eigenvalue weighted by Crippen LogP contribution is 2.29. The first-order valence-electron chi connectivity index (χ1n) is 11.9. The molecule has 0 aliphatic carbocycles. The number of carbonyl (C=O) groups excluding carboxylic acids is 2. The normalized spacial score (nSPS) is 11.2. The number of hydrogen-bond donors (Lipinski definition) is 1. The molecule has 0 aromatic heterocycles. The van der Waals surface area contributed by atoms with Gasteiger partial charge in [0, 0.05) is 21.7 Å². The average molecular weight is 547 g/mol. The number of para-hydroxylation sites is 1. The van der Waals surface area contributed by atoms with Gasteiger partial charge >= 0.3 is 0 Å². The van der Waals surface area contributed by atoms with Crippen molar-refractivity contribution in [2.24, 2.45) is 0 Å². The van der Waals surface area contributed by atoms with E-state index in [1.165, 1.54) is 16.6 Å². The van der Waals surface area contributed by atoms with Crippen LogP contribution >= 0.6 is 11.6 Å². The van der Waals surface area contributed by atoms with Gasteiger partial charge in [-0.3, -0.25) is 13.9 Å². The Balaban J connectivity index is 1.56. The number of amides is 1. The summed E-state index contributed by atoms with van der Waals surface area (Å²) in [6.45, 7) is 3.88. The van der Waals surface area contributed by atoms with E-state index < -0.39 is 15.9 Å². The van der Waals surface area contributed by atoms with Gasteiger partial charge in [0.05, 0.1) is 24.2 Å². The molecular formula is C30H27ClN2O4S. The van der Waals surface area contributed by atoms with Crippen molar-refractivity contribution in [1.29, 1.82) is 0 Å². The van der Waals surface area contributed by atoms with Gasteiger partial charge in [0.25, 0.3) is 5.91 Å². The smallest absolute Gasteiger partial charge is 0.255 e. The molecule has 1 N–H and O–H groups in total. The van der Waals surface area contributed by atoms with Crippen molar-refractivity contribution in [3.63, 3.8) is 0 Å². The molecule has 0 atom stereocenters. The number of nitrogens with zero attached hydrogens (tertiary/aromatic N) is 1. The Morgan fingerprint density at radius 2 is 1.45 bits per heavy atom. The zero-order valence-electron chi connectivity index (χ0n) is 21.2. The molecule has 38 heavy (non-hydrogen) atoms. The van der Waals surface area contributed by atoms with E-state index in [2.05, 4.69) is 5.32 Å². The summed E-state index contributed by atoms with van der Waals surface area (Å²) < 4.78 is 26.7. The topological polar surface area (TPSA) is 83.6 Å². The summed E-state index contributed by atoms with van der Waals surface area (Å²) in [7, 11) is -3.56. The second-order valence-corrected chi connectivity index (χ2v) is 11.4. The maximum atomic E-state index is 13.1. The molecule has 4 aromatic rings. The molecule has 1 amide bonds. The first kappa shape index (κ1) is 27.1. The molecule has 0 aliphatic rings. The highest BCUT2D eigenvalue weighted by molar-refractivity contribution is 7.92. The molecule has 0 heterocycles. The number of halogens is 1. The summed E-state index contributed by atoms with van der Waals surface area (Å²) >= 11 is 6.14. The van der Waals surface area contributed by atoms with Crippen molar-refractivity contribution in [3.05, 3.63) is 129 Å². The van der Waals surface area contributed by atoms with Crippen LogP contribution in [0.4, 0.5) is 11.4 Å². The molecule has 0 radical (unpaired) electrons. The minimum atomic E-state index is -3.56. The SMILES string of the molecule is Cc1cccc(C)c1N(Cc1ccc(C(=O)Nc2ccc(Cl)cc2C(=O)c2ccccc2)cc1)S(C)(=O)=O. The number of rotatable bonds is 8. The lowest BCUT2D eigenvalue weighted by atomic mass is 10.0. The first-order chi connectivity index (χ1) is 18.0. The van der Waals surface area contributed by atoms with Gasteiger partial charge in [0.2, 0.25) is 10.0 Å². The Labute approximate surface area is 227 Å². The molecule has 0 aliphatic heterocycles. The fraction of sp³-hybridized carbons (Fsp3) is 0.133. The third-order valence-corrected chi connectivity index (χ3v) is 7.49. The number of anilines is 2. The van der Waals surface area contributed by atoms with Gasteiger partial charge in [0.15, 0.2) is 5.78 Å². The second kappa shape index (κ2) is 11.2. The summed E-state index contributed by atoms with van der Waals surface area (Å²) in [6.07, 6.45) is 1.18. The molecule has 0 saturated heterocycles. The van der Waals surface area contributed by atoms with Crippen molar-refractivity contribution in [2.75, 3.05) is 15.9 Å². The van der Waals surface area contributed by atoms with E-state index in [4.69, 9.17) is 11.6 Å². The van der Waals surface area contributed by atoms with E-state index in [1.54, 1.807) is 60.7 Å². The fourth-order valence-electron chi connectivity index (χ4n) is 4.24. The number of carbonyl (C=O) groups is 2. The van der Waals surface area contributed by atoms with Crippen LogP contribution in [0.25, 0.3) is 0 Å². The standard InChI is InChI=1S/C30H27ClN2O4S/c1-20-8-7-9-21(2)28(20)33(38(3,36)37)19-22-12-14-24(15-13-22)30(35)32-27-17-16-25(31)18-26(27)29(34)23-10-5-4-6-11-23/h4-18H,19H2,1-3H3,(H,32,35). The summed E-state index contributed by atoms with van der Waals surface area (Å²) in [5.41, 5.74) is 4.55. The largest absolute Gasteiger partial charge is 0.321 e. The molecule has 4 rings (SSSR count). The van der Waals surface area contributed by atoms with Crippen LogP contribution in [0.3, 0.4) is 0 Å². The van der Waals surface area contributed by atoms with Gasteiger partial charge in [-0.05, 0) is 60.9 Å². The molecular weight excluding hydrogens is 520 g/mol. The zero-order valence-corrected chi connectivity index (χ0v) is 22.8. The molecule has 4 aromatic carbocycles. The van der Waals surface area contributed by atoms with Crippen LogP contribution in [0.1, 0.15) is 43.0 Å². The van der Waals surface area contributed by atoms with Crippen LogP contribution in [0.15, 0.2) is 91.0 Å². The highest BCUT2D eigenvalue weighted by Gasteiger charge is 2.22. The maximum absolute atomic E-state index is 13.1. The first-order valence-corrected chi connectivity index (χ1v) is 14.1. The fourth-order valence-corrected chi connectivity index (χ4v) is 5.42. The van der Waals surface area contributed by atoms with Gasteiger partial charge < -0.3 is 5.32 Å². The Morgan fingerprint density at radius 3 is 2.05 bits per heavy atom. The van der Waals surface area contributed by atoms with Crippen molar-refractivity contribution < 1.29 is 18.0 Å². The molecule has 0 spiro atoms. The second-order valence-electron chi connectivity index (χ2n) is 9.05. The summed E-state index contributed by atoms with van der Waals surface area (Å²) in [4.78, 5) is 26.1. The predicted molar refractivity (Wildman–Crippen MR) is 153 cm³/mol. The van der Waals surface area contributed by atoms with Gasteiger partial charge in [-0.2, -0.15) is 0 Å². The maximum Gasteiger partial charge on any atom is 0.255 e. The Hall–Kier alpha value is -3.94. The third kappa shape index (κ3) is 6.13. The number of sulfonamides is 1. The van der Waals surface area contributed by atoms with Crippen LogP contribution in [0.5, 0.6) is 0 Å². The number of benzene rings is 4. The Kier molecular flexibility index (Phi) is 7.99. The minimum Gasteiger partial charge on any atom is -0.321 e. The molecule has 0 unspecified atom stereocenters. The molecule has 6 nitrogen and oxygen atoms in total. The van der Waals surface area contributed by atoms with Gasteiger partial charge in [-0.1, -0.05) is 72.3 Å². The molecule has 0 fully saturated rings. The quantitative estimate of drug-likeness (QED) is 0.259. The zero-order chi connectivity index (χ0) is 27.4. The summed E-state index contributed by atoms with van der Waals surface area (Å²) in [5, 5.41) is 3.19. The molecule has 8 heteroatoms. The lowest BCUT2D eigenvalue weighted by Gasteiger charge is -2.26. The monoisotopic (exact) mass is 546 g/mol. The van der Waals surface area contributed by atoms with E-state index in [9.17, 15) is 18.0 Å². The summed E-state index contributed by atoms with van der Waals surface area (Å²) in [5.74, 6) is -0.665.